The molecule has 13 heavy (non-hydrogen) atoms. The lowest BCUT2D eigenvalue weighted by Crippen LogP contribution is -2.15. The normalized spacial score (nSPS) is 9.62. The van der Waals surface area contributed by atoms with Crippen LogP contribution >= 0.6 is 11.6 Å². The van der Waals surface area contributed by atoms with E-state index in [-0.39, 0.29) is 5.91 Å². The van der Waals surface area contributed by atoms with E-state index in [9.17, 15) is 4.79 Å². The van der Waals surface area contributed by atoms with Gasteiger partial charge < -0.3 is 11.1 Å². The van der Waals surface area contributed by atoms with E-state index >= 15 is 0 Å². The van der Waals surface area contributed by atoms with Gasteiger partial charge in [-0.3, -0.25) is 4.79 Å². The zero-order valence-electron chi connectivity index (χ0n) is 6.96. The minimum absolute atomic E-state index is 0.305. The number of hydrogen-bond acceptors (Lipinski definition) is 3. The van der Waals surface area contributed by atoms with Gasteiger partial charge in [0.2, 0.25) is 5.91 Å². The quantitative estimate of drug-likeness (QED) is 0.712. The van der Waals surface area contributed by atoms with Crippen LogP contribution in [0.3, 0.4) is 0 Å². The van der Waals surface area contributed by atoms with Crippen LogP contribution in [0, 0.1) is 0 Å². The van der Waals surface area contributed by atoms with Gasteiger partial charge in [0.15, 0.2) is 0 Å². The Labute approximate surface area is 81.1 Å². The first kappa shape index (κ1) is 9.80. The smallest absolute Gasteiger partial charge is 0.219 e. The Hall–Kier alpha value is -1.29. The average Bonchev–Trinajstić information content (AvgIpc) is 2.03. The summed E-state index contributed by atoms with van der Waals surface area (Å²) < 4.78 is 0. The number of amides is 1. The number of anilines is 1. The van der Waals surface area contributed by atoms with Crippen molar-refractivity contribution in [3.63, 3.8) is 0 Å². The number of carbonyl (C=O) groups is 1. The van der Waals surface area contributed by atoms with Gasteiger partial charge in [0.25, 0.3) is 0 Å². The van der Waals surface area contributed by atoms with Gasteiger partial charge in [-0.25, -0.2) is 4.98 Å². The summed E-state index contributed by atoms with van der Waals surface area (Å²) in [7, 11) is 0. The van der Waals surface area contributed by atoms with Crippen LogP contribution in [-0.4, -0.2) is 17.4 Å². The van der Waals surface area contributed by atoms with Crippen molar-refractivity contribution in [1.82, 2.24) is 4.98 Å². The molecule has 1 rings (SSSR count). The number of nitrogens with zero attached hydrogens (tertiary/aromatic N) is 1. The third-order valence-electron chi connectivity index (χ3n) is 1.43. The number of hydrogen-bond donors (Lipinski definition) is 2. The molecule has 0 aromatic carbocycles. The van der Waals surface area contributed by atoms with Gasteiger partial charge in [0, 0.05) is 24.8 Å². The molecule has 0 spiro atoms. The van der Waals surface area contributed by atoms with Crippen molar-refractivity contribution >= 4 is 23.2 Å². The second-order valence-corrected chi connectivity index (χ2v) is 2.90. The highest BCUT2D eigenvalue weighted by molar-refractivity contribution is 6.29. The van der Waals surface area contributed by atoms with Crippen LogP contribution in [0.2, 0.25) is 5.15 Å². The van der Waals surface area contributed by atoms with Gasteiger partial charge in [0.05, 0.1) is 0 Å². The number of pyridine rings is 1. The number of nitrogens with two attached hydrogens (primary N) is 1. The average molecular weight is 200 g/mol. The molecule has 0 saturated carbocycles. The summed E-state index contributed by atoms with van der Waals surface area (Å²) in [4.78, 5) is 14.2. The van der Waals surface area contributed by atoms with Crippen molar-refractivity contribution in [2.24, 2.45) is 5.73 Å². The molecule has 1 heterocycles. The molecule has 3 N–H and O–H groups in total. The number of rotatable bonds is 4. The first-order chi connectivity index (χ1) is 6.18. The number of halogens is 1. The molecule has 1 aromatic heterocycles. The molecule has 5 heteroatoms. The molecular formula is C8H10ClN3O. The van der Waals surface area contributed by atoms with Crippen molar-refractivity contribution in [2.45, 2.75) is 6.42 Å². The van der Waals surface area contributed by atoms with Crippen LogP contribution in [0.5, 0.6) is 0 Å². The molecule has 0 fully saturated rings. The molecule has 1 amide bonds. The van der Waals surface area contributed by atoms with Crippen LogP contribution in [0.25, 0.3) is 0 Å². The number of nitrogens with one attached hydrogen (secondary N) is 1. The van der Waals surface area contributed by atoms with Crippen molar-refractivity contribution < 1.29 is 4.79 Å². The lowest BCUT2D eigenvalue weighted by molar-refractivity contribution is -0.117. The standard InChI is InChI=1S/C8H10ClN3O/c9-7-5-6(1-3-12-7)11-4-2-8(10)13/h1,3,5H,2,4H2,(H2,10,13)(H,11,12). The van der Waals surface area contributed by atoms with Gasteiger partial charge in [-0.15, -0.1) is 0 Å². The Bertz CT molecular complexity index is 303. The summed E-state index contributed by atoms with van der Waals surface area (Å²) in [5.74, 6) is -0.326. The van der Waals surface area contributed by atoms with E-state index < -0.39 is 0 Å². The third-order valence-corrected chi connectivity index (χ3v) is 1.63. The lowest BCUT2D eigenvalue weighted by atomic mass is 10.3. The second kappa shape index (κ2) is 4.67. The molecule has 0 bridgehead atoms. The first-order valence-electron chi connectivity index (χ1n) is 3.82. The molecule has 0 unspecified atom stereocenters. The molecule has 0 saturated heterocycles. The Morgan fingerprint density at radius 2 is 2.46 bits per heavy atom. The van der Waals surface area contributed by atoms with E-state index in [1.165, 1.54) is 0 Å². The Morgan fingerprint density at radius 3 is 3.08 bits per heavy atom. The second-order valence-electron chi connectivity index (χ2n) is 2.51. The summed E-state index contributed by atoms with van der Waals surface area (Å²) in [6.45, 7) is 0.510. The predicted octanol–water partition coefficient (Wildman–Crippen LogP) is 1.02. The summed E-state index contributed by atoms with van der Waals surface area (Å²) in [6, 6.07) is 3.45. The molecule has 0 aliphatic rings. The maximum Gasteiger partial charge on any atom is 0.219 e. The summed E-state index contributed by atoms with van der Waals surface area (Å²) in [6.07, 6.45) is 1.90. The molecular weight excluding hydrogens is 190 g/mol. The van der Waals surface area contributed by atoms with Gasteiger partial charge in [-0.05, 0) is 12.1 Å². The molecule has 4 nitrogen and oxygen atoms in total. The van der Waals surface area contributed by atoms with E-state index in [0.29, 0.717) is 18.1 Å². The summed E-state index contributed by atoms with van der Waals surface area (Å²) >= 11 is 5.64. The topological polar surface area (TPSA) is 68.0 Å². The van der Waals surface area contributed by atoms with Crippen LogP contribution in [0.15, 0.2) is 18.3 Å². The molecule has 0 atom stereocenters. The van der Waals surface area contributed by atoms with E-state index in [1.807, 2.05) is 0 Å². The van der Waals surface area contributed by atoms with Gasteiger partial charge in [-0.2, -0.15) is 0 Å². The first-order valence-corrected chi connectivity index (χ1v) is 4.20. The zero-order valence-corrected chi connectivity index (χ0v) is 7.71. The molecule has 0 aliphatic carbocycles. The van der Waals surface area contributed by atoms with Crippen molar-refractivity contribution in [3.05, 3.63) is 23.5 Å². The van der Waals surface area contributed by atoms with Crippen molar-refractivity contribution in [3.8, 4) is 0 Å². The van der Waals surface area contributed by atoms with E-state index in [1.54, 1.807) is 18.3 Å². The minimum Gasteiger partial charge on any atom is -0.384 e. The minimum atomic E-state index is -0.326. The fourth-order valence-corrected chi connectivity index (χ4v) is 1.02. The van der Waals surface area contributed by atoms with Crippen molar-refractivity contribution in [2.75, 3.05) is 11.9 Å². The maximum absolute atomic E-state index is 10.4. The van der Waals surface area contributed by atoms with E-state index in [0.717, 1.165) is 5.69 Å². The van der Waals surface area contributed by atoms with E-state index in [2.05, 4.69) is 10.3 Å². The van der Waals surface area contributed by atoms with Crippen LogP contribution < -0.4 is 11.1 Å². The largest absolute Gasteiger partial charge is 0.384 e. The fraction of sp³-hybridized carbons (Fsp3) is 0.250. The van der Waals surface area contributed by atoms with Crippen LogP contribution in [0.1, 0.15) is 6.42 Å². The highest BCUT2D eigenvalue weighted by Crippen LogP contribution is 2.11. The van der Waals surface area contributed by atoms with Crippen molar-refractivity contribution in [1.29, 1.82) is 0 Å². The molecule has 0 aliphatic heterocycles. The molecule has 1 aromatic rings. The van der Waals surface area contributed by atoms with Gasteiger partial charge in [-0.1, -0.05) is 11.6 Å². The highest BCUT2D eigenvalue weighted by atomic mass is 35.5. The van der Waals surface area contributed by atoms with Gasteiger partial charge >= 0.3 is 0 Å². The number of aromatic nitrogens is 1. The highest BCUT2D eigenvalue weighted by Gasteiger charge is 1.95. The maximum atomic E-state index is 10.4. The van der Waals surface area contributed by atoms with Crippen LogP contribution in [0.4, 0.5) is 5.69 Å². The zero-order chi connectivity index (χ0) is 9.68. The summed E-state index contributed by atoms with van der Waals surface area (Å²) in [5.41, 5.74) is 5.80. The monoisotopic (exact) mass is 199 g/mol. The fourth-order valence-electron chi connectivity index (χ4n) is 0.842. The number of primary amides is 1. The summed E-state index contributed by atoms with van der Waals surface area (Å²) in [5, 5.41) is 3.41. The van der Waals surface area contributed by atoms with Gasteiger partial charge in [0.1, 0.15) is 5.15 Å². The SMILES string of the molecule is NC(=O)CCNc1ccnc(Cl)c1. The Balaban J connectivity index is 2.41. The molecule has 70 valence electrons. The van der Waals surface area contributed by atoms with Crippen LogP contribution in [-0.2, 0) is 4.79 Å². The van der Waals surface area contributed by atoms with E-state index in [4.69, 9.17) is 17.3 Å². The lowest BCUT2D eigenvalue weighted by Gasteiger charge is -2.03. The third kappa shape index (κ3) is 3.75. The number of carbonyl (C=O) groups excluding carboxylic acids is 1. The Kier molecular flexibility index (Phi) is 3.52. The Morgan fingerprint density at radius 1 is 1.69 bits per heavy atom. The molecule has 0 radical (unpaired) electrons. The predicted molar refractivity (Wildman–Crippen MR) is 51.5 cm³/mol.